The quantitative estimate of drug-likeness (QED) is 0.361. The Morgan fingerprint density at radius 1 is 1.12 bits per heavy atom. The molecule has 1 aromatic carbocycles. The van der Waals surface area contributed by atoms with Crippen LogP contribution in [0.5, 0.6) is 0 Å². The van der Waals surface area contributed by atoms with Crippen molar-refractivity contribution in [3.05, 3.63) is 35.4 Å². The van der Waals surface area contributed by atoms with E-state index in [1.807, 2.05) is 24.3 Å². The monoisotopic (exact) mass is 372 g/mol. The molecule has 0 spiro atoms. The first-order valence-corrected chi connectivity index (χ1v) is 10.4. The van der Waals surface area contributed by atoms with Crippen molar-refractivity contribution in [1.82, 2.24) is 0 Å². The molecule has 7 heteroatoms. The summed E-state index contributed by atoms with van der Waals surface area (Å²) in [6, 6.07) is 7.92. The van der Waals surface area contributed by atoms with Gasteiger partial charge in [-0.1, -0.05) is 63.3 Å². The molecule has 4 N–H and O–H groups in total. The SMILES string of the molecule is CCCCCCCCc1ccc(C[C@](N)(CO)COP(=O)([O-])O)cc1. The highest BCUT2D eigenvalue weighted by atomic mass is 31.2. The maximum Gasteiger partial charge on any atom is 0.265 e. The van der Waals surface area contributed by atoms with Crippen molar-refractivity contribution in [2.24, 2.45) is 5.73 Å². The number of phosphoric acid groups is 1. The minimum Gasteiger partial charge on any atom is -0.756 e. The second-order valence-corrected chi connectivity index (χ2v) is 7.97. The van der Waals surface area contributed by atoms with Gasteiger partial charge < -0.3 is 25.2 Å². The van der Waals surface area contributed by atoms with E-state index in [1.54, 1.807) is 0 Å². The number of aliphatic hydroxyl groups excluding tert-OH is 1. The summed E-state index contributed by atoms with van der Waals surface area (Å²) in [4.78, 5) is 19.4. The summed E-state index contributed by atoms with van der Waals surface area (Å²) < 4.78 is 15.0. The lowest BCUT2D eigenvalue weighted by Gasteiger charge is -2.29. The Morgan fingerprint density at radius 3 is 2.24 bits per heavy atom. The molecule has 0 saturated carbocycles. The van der Waals surface area contributed by atoms with Crippen LogP contribution in [-0.2, 0) is 21.9 Å². The molecular weight excluding hydrogens is 341 g/mol. The first kappa shape index (κ1) is 22.3. The van der Waals surface area contributed by atoms with E-state index in [1.165, 1.54) is 44.1 Å². The second kappa shape index (κ2) is 11.1. The maximum atomic E-state index is 10.7. The average molecular weight is 372 g/mol. The van der Waals surface area contributed by atoms with Crippen LogP contribution < -0.4 is 10.6 Å². The molecule has 0 aliphatic heterocycles. The minimum absolute atomic E-state index is 0.251. The van der Waals surface area contributed by atoms with Gasteiger partial charge in [0.25, 0.3) is 7.82 Å². The van der Waals surface area contributed by atoms with Gasteiger partial charge in [-0.15, -0.1) is 0 Å². The highest BCUT2D eigenvalue weighted by Gasteiger charge is 2.26. The second-order valence-electron chi connectivity index (χ2n) is 6.77. The molecule has 6 nitrogen and oxygen atoms in total. The number of rotatable bonds is 13. The molecule has 25 heavy (non-hydrogen) atoms. The third kappa shape index (κ3) is 10.1. The molecule has 1 aromatic rings. The molecule has 0 heterocycles. The number of aliphatic hydroxyl groups is 1. The van der Waals surface area contributed by atoms with Crippen LogP contribution in [0.2, 0.25) is 0 Å². The zero-order chi connectivity index (χ0) is 18.8. The molecule has 0 bridgehead atoms. The Kier molecular flexibility index (Phi) is 9.87. The topological polar surface area (TPSA) is 116 Å². The van der Waals surface area contributed by atoms with Crippen LogP contribution >= 0.6 is 7.82 Å². The van der Waals surface area contributed by atoms with Gasteiger partial charge in [-0.25, -0.2) is 0 Å². The summed E-state index contributed by atoms with van der Waals surface area (Å²) in [6.45, 7) is 1.29. The lowest BCUT2D eigenvalue weighted by molar-refractivity contribution is -0.221. The summed E-state index contributed by atoms with van der Waals surface area (Å²) in [5.41, 5.74) is 6.84. The fourth-order valence-electron chi connectivity index (χ4n) is 2.70. The van der Waals surface area contributed by atoms with Gasteiger partial charge in [-0.3, -0.25) is 4.57 Å². The number of aryl methyl sites for hydroxylation is 1. The molecule has 1 rings (SSSR count). The van der Waals surface area contributed by atoms with E-state index in [9.17, 15) is 14.6 Å². The molecule has 2 atom stereocenters. The lowest BCUT2D eigenvalue weighted by Crippen LogP contribution is -2.50. The van der Waals surface area contributed by atoms with Crippen molar-refractivity contribution in [2.75, 3.05) is 13.2 Å². The molecule has 0 fully saturated rings. The first-order valence-electron chi connectivity index (χ1n) is 8.94. The van der Waals surface area contributed by atoms with E-state index in [0.29, 0.717) is 0 Å². The smallest absolute Gasteiger partial charge is 0.265 e. The summed E-state index contributed by atoms with van der Waals surface area (Å²) in [5, 5.41) is 9.42. The maximum absolute atomic E-state index is 10.7. The predicted molar refractivity (Wildman–Crippen MR) is 97.0 cm³/mol. The number of unbranched alkanes of at least 4 members (excludes halogenated alkanes) is 5. The first-order chi connectivity index (χ1) is 11.8. The van der Waals surface area contributed by atoms with E-state index in [0.717, 1.165) is 12.0 Å². The third-order valence-corrected chi connectivity index (χ3v) is 4.68. The van der Waals surface area contributed by atoms with Crippen LogP contribution in [0.25, 0.3) is 0 Å². The highest BCUT2D eigenvalue weighted by Crippen LogP contribution is 2.31. The zero-order valence-corrected chi connectivity index (χ0v) is 15.9. The number of benzene rings is 1. The van der Waals surface area contributed by atoms with E-state index in [2.05, 4.69) is 11.4 Å². The van der Waals surface area contributed by atoms with E-state index in [4.69, 9.17) is 10.6 Å². The lowest BCUT2D eigenvalue weighted by atomic mass is 9.92. The molecule has 0 saturated heterocycles. The van der Waals surface area contributed by atoms with Crippen LogP contribution in [0.3, 0.4) is 0 Å². The fourth-order valence-corrected chi connectivity index (χ4v) is 3.12. The summed E-state index contributed by atoms with van der Waals surface area (Å²) in [6.07, 6.45) is 8.85. The largest absolute Gasteiger partial charge is 0.756 e. The van der Waals surface area contributed by atoms with Crippen LogP contribution in [0.4, 0.5) is 0 Å². The van der Waals surface area contributed by atoms with Crippen molar-refractivity contribution >= 4 is 7.82 Å². The van der Waals surface area contributed by atoms with Crippen molar-refractivity contribution in [2.45, 2.75) is 63.8 Å². The molecule has 144 valence electrons. The van der Waals surface area contributed by atoms with Gasteiger partial charge in [-0.05, 0) is 30.4 Å². The van der Waals surface area contributed by atoms with E-state index >= 15 is 0 Å². The van der Waals surface area contributed by atoms with E-state index < -0.39 is 26.6 Å². The van der Waals surface area contributed by atoms with Gasteiger partial charge in [-0.2, -0.15) is 0 Å². The van der Waals surface area contributed by atoms with Crippen molar-refractivity contribution in [1.29, 1.82) is 0 Å². The summed E-state index contributed by atoms with van der Waals surface area (Å²) >= 11 is 0. The number of nitrogens with two attached hydrogens (primary N) is 1. The Labute approximate surface area is 150 Å². The van der Waals surface area contributed by atoms with E-state index in [-0.39, 0.29) is 6.42 Å². The highest BCUT2D eigenvalue weighted by molar-refractivity contribution is 7.44. The molecule has 1 unspecified atom stereocenters. The molecule has 0 aliphatic carbocycles. The molecule has 0 aliphatic rings. The van der Waals surface area contributed by atoms with Crippen molar-refractivity contribution < 1.29 is 24.0 Å². The third-order valence-electron chi connectivity index (χ3n) is 4.23. The van der Waals surface area contributed by atoms with Crippen LogP contribution in [0.1, 0.15) is 56.6 Å². The Morgan fingerprint density at radius 2 is 1.68 bits per heavy atom. The zero-order valence-electron chi connectivity index (χ0n) is 15.0. The van der Waals surface area contributed by atoms with Crippen molar-refractivity contribution in [3.8, 4) is 0 Å². The molecule has 0 radical (unpaired) electrons. The minimum atomic E-state index is -4.85. The summed E-state index contributed by atoms with van der Waals surface area (Å²) in [7, 11) is -4.85. The summed E-state index contributed by atoms with van der Waals surface area (Å²) in [5.74, 6) is 0. The Balaban J connectivity index is 2.45. The normalized spacial score (nSPS) is 16.4. The number of hydrogen-bond acceptors (Lipinski definition) is 5. The van der Waals surface area contributed by atoms with Gasteiger partial charge in [0.05, 0.1) is 18.8 Å². The number of phosphoric ester groups is 1. The average Bonchev–Trinajstić information content (AvgIpc) is 2.57. The van der Waals surface area contributed by atoms with Gasteiger partial charge >= 0.3 is 0 Å². The fraction of sp³-hybridized carbons (Fsp3) is 0.667. The molecule has 0 amide bonds. The van der Waals surface area contributed by atoms with Gasteiger partial charge in [0.15, 0.2) is 0 Å². The van der Waals surface area contributed by atoms with Crippen molar-refractivity contribution in [3.63, 3.8) is 0 Å². The van der Waals surface area contributed by atoms with Crippen LogP contribution in [0, 0.1) is 0 Å². The predicted octanol–water partition coefficient (Wildman–Crippen LogP) is 2.30. The van der Waals surface area contributed by atoms with Gasteiger partial charge in [0, 0.05) is 0 Å². The van der Waals surface area contributed by atoms with Crippen LogP contribution in [-0.4, -0.2) is 28.8 Å². The van der Waals surface area contributed by atoms with Gasteiger partial charge in [0.2, 0.25) is 0 Å². The number of hydrogen-bond donors (Lipinski definition) is 3. The van der Waals surface area contributed by atoms with Gasteiger partial charge in [0.1, 0.15) is 0 Å². The molecular formula is C18H31NO5P-. The Hall–Kier alpha value is -0.750. The standard InChI is InChI=1S/C18H32NO5P/c1-2-3-4-5-6-7-8-16-9-11-17(12-10-16)13-18(19,14-20)15-24-25(21,22)23/h9-12,20H,2-8,13-15,19H2,1H3,(H2,21,22,23)/p-1/t18-/m0/s1. The molecule has 0 aromatic heterocycles. The van der Waals surface area contributed by atoms with Crippen LogP contribution in [0.15, 0.2) is 24.3 Å². The Bertz CT molecular complexity index is 531.